The number of aromatic hydroxyl groups is 1. The second-order valence-electron chi connectivity index (χ2n) is 4.25. The number of hydrogen-bond acceptors (Lipinski definition) is 4. The molecule has 3 rings (SSSR count). The van der Waals surface area contributed by atoms with Crippen molar-refractivity contribution in [2.24, 2.45) is 10.2 Å². The van der Waals surface area contributed by atoms with E-state index in [-0.39, 0.29) is 11.7 Å². The van der Waals surface area contributed by atoms with Crippen molar-refractivity contribution in [3.8, 4) is 5.88 Å². The van der Waals surface area contributed by atoms with Crippen LogP contribution in [0.5, 0.6) is 5.88 Å². The van der Waals surface area contributed by atoms with E-state index < -0.39 is 0 Å². The zero-order valence-electron chi connectivity index (χ0n) is 10.7. The van der Waals surface area contributed by atoms with E-state index in [2.05, 4.69) is 36.1 Å². The highest BCUT2D eigenvalue weighted by molar-refractivity contribution is 9.10. The van der Waals surface area contributed by atoms with Crippen LogP contribution in [0.1, 0.15) is 5.69 Å². The molecule has 0 amide bonds. The number of azo groups is 1. The minimum absolute atomic E-state index is 0.0700. The van der Waals surface area contributed by atoms with Gasteiger partial charge in [-0.25, -0.2) is 0 Å². The summed E-state index contributed by atoms with van der Waals surface area (Å²) in [6.07, 6.45) is 1.58. The minimum Gasteiger partial charge on any atom is -0.493 e. The number of amidine groups is 1. The number of benzene rings is 1. The number of para-hydroxylation sites is 1. The van der Waals surface area contributed by atoms with E-state index >= 15 is 0 Å². The molecule has 0 bridgehead atoms. The molecule has 0 aliphatic rings. The molecule has 0 saturated carbocycles. The highest BCUT2D eigenvalue weighted by Crippen LogP contribution is 2.38. The van der Waals surface area contributed by atoms with Crippen molar-refractivity contribution in [2.75, 3.05) is 0 Å². The van der Waals surface area contributed by atoms with Gasteiger partial charge in [0.2, 0.25) is 5.88 Å². The Morgan fingerprint density at radius 1 is 1.24 bits per heavy atom. The SMILES string of the molecule is N=C(N=Nc1c(O)[nH]c2c(Br)cccc12)c1ccccn1. The lowest BCUT2D eigenvalue weighted by Crippen LogP contribution is -1.96. The molecule has 7 heteroatoms. The first-order valence-electron chi connectivity index (χ1n) is 6.07. The van der Waals surface area contributed by atoms with Gasteiger partial charge in [0.1, 0.15) is 5.69 Å². The summed E-state index contributed by atoms with van der Waals surface area (Å²) in [6.45, 7) is 0. The number of nitrogens with zero attached hydrogens (tertiary/aromatic N) is 3. The van der Waals surface area contributed by atoms with Crippen LogP contribution < -0.4 is 0 Å². The Morgan fingerprint density at radius 3 is 2.86 bits per heavy atom. The zero-order chi connectivity index (χ0) is 14.8. The van der Waals surface area contributed by atoms with Crippen LogP contribution in [-0.4, -0.2) is 20.9 Å². The van der Waals surface area contributed by atoms with Crippen LogP contribution in [0.4, 0.5) is 5.69 Å². The number of hydrogen-bond donors (Lipinski definition) is 3. The Kier molecular flexibility index (Phi) is 3.49. The third-order valence-corrected chi connectivity index (χ3v) is 3.55. The number of rotatable bonds is 2. The van der Waals surface area contributed by atoms with E-state index in [1.807, 2.05) is 18.2 Å². The summed E-state index contributed by atoms with van der Waals surface area (Å²) < 4.78 is 0.816. The van der Waals surface area contributed by atoms with Crippen LogP contribution in [0, 0.1) is 5.41 Å². The smallest absolute Gasteiger partial charge is 0.218 e. The summed E-state index contributed by atoms with van der Waals surface area (Å²) in [4.78, 5) is 6.85. The minimum atomic E-state index is -0.0885. The van der Waals surface area contributed by atoms with Crippen LogP contribution in [0.15, 0.2) is 57.3 Å². The molecule has 21 heavy (non-hydrogen) atoms. The Hall–Kier alpha value is -2.54. The number of pyridine rings is 1. The lowest BCUT2D eigenvalue weighted by atomic mass is 10.2. The van der Waals surface area contributed by atoms with Gasteiger partial charge in [-0.2, -0.15) is 0 Å². The van der Waals surface area contributed by atoms with Crippen LogP contribution in [0.2, 0.25) is 0 Å². The number of H-pyrrole nitrogens is 1. The largest absolute Gasteiger partial charge is 0.493 e. The molecule has 0 spiro atoms. The molecule has 0 fully saturated rings. The molecule has 1 aromatic carbocycles. The molecule has 2 heterocycles. The van der Waals surface area contributed by atoms with E-state index in [1.165, 1.54) is 0 Å². The summed E-state index contributed by atoms with van der Waals surface area (Å²) >= 11 is 3.39. The molecular formula is C14H10BrN5O. The standard InChI is InChI=1S/C14H10BrN5O/c15-9-5-3-4-8-11(9)18-14(21)12(8)19-20-13(16)10-6-1-2-7-17-10/h1-7,16,18,21H. The van der Waals surface area contributed by atoms with Gasteiger partial charge in [0.15, 0.2) is 11.5 Å². The van der Waals surface area contributed by atoms with Crippen molar-refractivity contribution >= 4 is 38.4 Å². The first-order chi connectivity index (χ1) is 10.2. The fraction of sp³-hybridized carbons (Fsp3) is 0. The van der Waals surface area contributed by atoms with E-state index in [4.69, 9.17) is 5.41 Å². The van der Waals surface area contributed by atoms with Gasteiger partial charge in [0.25, 0.3) is 0 Å². The first kappa shape index (κ1) is 13.4. The lowest BCUT2D eigenvalue weighted by molar-refractivity contribution is 0.459. The average molecular weight is 344 g/mol. The van der Waals surface area contributed by atoms with E-state index in [0.29, 0.717) is 11.4 Å². The molecule has 0 aliphatic carbocycles. The van der Waals surface area contributed by atoms with Gasteiger partial charge in [-0.1, -0.05) is 18.2 Å². The van der Waals surface area contributed by atoms with Crippen LogP contribution in [-0.2, 0) is 0 Å². The van der Waals surface area contributed by atoms with E-state index in [0.717, 1.165) is 15.4 Å². The molecule has 6 nitrogen and oxygen atoms in total. The topological polar surface area (TPSA) is 97.5 Å². The van der Waals surface area contributed by atoms with Gasteiger partial charge in [-0.05, 0) is 34.1 Å². The summed E-state index contributed by atoms with van der Waals surface area (Å²) in [5.41, 5.74) is 1.45. The molecule has 104 valence electrons. The average Bonchev–Trinajstić information content (AvgIpc) is 2.83. The predicted molar refractivity (Wildman–Crippen MR) is 83.2 cm³/mol. The number of fused-ring (bicyclic) bond motifs is 1. The maximum atomic E-state index is 9.93. The van der Waals surface area contributed by atoms with Gasteiger partial charge < -0.3 is 10.1 Å². The van der Waals surface area contributed by atoms with Crippen LogP contribution in [0.25, 0.3) is 10.9 Å². The molecule has 0 atom stereocenters. The number of nitrogens with one attached hydrogen (secondary N) is 2. The molecular weight excluding hydrogens is 334 g/mol. The van der Waals surface area contributed by atoms with Crippen molar-refractivity contribution in [1.82, 2.24) is 9.97 Å². The predicted octanol–water partition coefficient (Wildman–Crippen LogP) is 4.14. The van der Waals surface area contributed by atoms with Gasteiger partial charge in [0.05, 0.1) is 5.52 Å². The highest BCUT2D eigenvalue weighted by atomic mass is 79.9. The van der Waals surface area contributed by atoms with Crippen molar-refractivity contribution in [1.29, 1.82) is 5.41 Å². The molecule has 2 aromatic heterocycles. The number of halogens is 1. The third kappa shape index (κ3) is 2.55. The fourth-order valence-electron chi connectivity index (χ4n) is 1.91. The maximum absolute atomic E-state index is 9.93. The quantitative estimate of drug-likeness (QED) is 0.370. The van der Waals surface area contributed by atoms with Gasteiger partial charge in [-0.15, -0.1) is 10.2 Å². The second kappa shape index (κ2) is 5.45. The van der Waals surface area contributed by atoms with E-state index in [1.54, 1.807) is 24.4 Å². The first-order valence-corrected chi connectivity index (χ1v) is 6.87. The maximum Gasteiger partial charge on any atom is 0.218 e. The Balaban J connectivity index is 1.99. The van der Waals surface area contributed by atoms with Gasteiger partial charge in [0, 0.05) is 16.1 Å². The Labute approximate surface area is 128 Å². The fourth-order valence-corrected chi connectivity index (χ4v) is 2.37. The molecule has 3 aromatic rings. The summed E-state index contributed by atoms with van der Waals surface area (Å²) in [7, 11) is 0. The molecule has 0 radical (unpaired) electrons. The zero-order valence-corrected chi connectivity index (χ0v) is 12.3. The van der Waals surface area contributed by atoms with Crippen molar-refractivity contribution < 1.29 is 5.11 Å². The summed E-state index contributed by atoms with van der Waals surface area (Å²) in [5.74, 6) is -0.159. The van der Waals surface area contributed by atoms with Gasteiger partial charge >= 0.3 is 0 Å². The van der Waals surface area contributed by atoms with E-state index in [9.17, 15) is 5.11 Å². The summed E-state index contributed by atoms with van der Waals surface area (Å²) in [5, 5.41) is 26.3. The normalized spacial score (nSPS) is 11.3. The third-order valence-electron chi connectivity index (χ3n) is 2.89. The van der Waals surface area contributed by atoms with Gasteiger partial charge in [-0.3, -0.25) is 10.4 Å². The monoisotopic (exact) mass is 343 g/mol. The highest BCUT2D eigenvalue weighted by Gasteiger charge is 2.12. The molecule has 3 N–H and O–H groups in total. The molecule has 0 unspecified atom stereocenters. The second-order valence-corrected chi connectivity index (χ2v) is 5.10. The number of aromatic amines is 1. The molecule has 0 saturated heterocycles. The number of aromatic nitrogens is 2. The van der Waals surface area contributed by atoms with Crippen molar-refractivity contribution in [3.05, 3.63) is 52.8 Å². The lowest BCUT2D eigenvalue weighted by Gasteiger charge is -1.95. The van der Waals surface area contributed by atoms with Crippen LogP contribution in [0.3, 0.4) is 0 Å². The van der Waals surface area contributed by atoms with Crippen molar-refractivity contribution in [2.45, 2.75) is 0 Å². The van der Waals surface area contributed by atoms with Crippen molar-refractivity contribution in [3.63, 3.8) is 0 Å². The Bertz CT molecular complexity index is 841. The molecule has 0 aliphatic heterocycles. The van der Waals surface area contributed by atoms with Crippen LogP contribution >= 0.6 is 15.9 Å². The summed E-state index contributed by atoms with van der Waals surface area (Å²) in [6, 6.07) is 10.7. The Morgan fingerprint density at radius 2 is 2.10 bits per heavy atom.